The van der Waals surface area contributed by atoms with E-state index < -0.39 is 0 Å². The Hall–Kier alpha value is -1.63. The van der Waals surface area contributed by atoms with Gasteiger partial charge in [0.15, 0.2) is 0 Å². The molecule has 4 atom stereocenters. The van der Waals surface area contributed by atoms with E-state index in [0.29, 0.717) is 18.1 Å². The summed E-state index contributed by atoms with van der Waals surface area (Å²) in [5, 5.41) is 9.44. The Morgan fingerprint density at radius 2 is 2.33 bits per heavy atom. The van der Waals surface area contributed by atoms with Crippen molar-refractivity contribution in [2.75, 3.05) is 5.75 Å². The van der Waals surface area contributed by atoms with Gasteiger partial charge in [0.1, 0.15) is 5.76 Å². The highest BCUT2D eigenvalue weighted by molar-refractivity contribution is 8.00. The van der Waals surface area contributed by atoms with Crippen LogP contribution in [0.5, 0.6) is 0 Å². The lowest BCUT2D eigenvalue weighted by molar-refractivity contribution is -0.121. The van der Waals surface area contributed by atoms with E-state index in [1.807, 2.05) is 30.8 Å². The number of rotatable bonds is 8. The van der Waals surface area contributed by atoms with Crippen molar-refractivity contribution in [2.24, 2.45) is 0 Å². The molecule has 0 aliphatic carbocycles. The van der Waals surface area contributed by atoms with Crippen LogP contribution in [0.4, 0.5) is 4.79 Å². The number of amides is 3. The van der Waals surface area contributed by atoms with Crippen molar-refractivity contribution in [2.45, 2.75) is 62.4 Å². The van der Waals surface area contributed by atoms with Crippen LogP contribution in [-0.4, -0.2) is 41.1 Å². The number of carbonyl (C=O) groups excluding carboxylic acids is 2. The molecule has 3 rings (SSSR count). The summed E-state index contributed by atoms with van der Waals surface area (Å²) >= 11 is 1.92. The number of hydrogen-bond donors (Lipinski definition) is 3. The molecule has 3 N–H and O–H groups in total. The number of furan rings is 1. The van der Waals surface area contributed by atoms with Gasteiger partial charge in [0.2, 0.25) is 5.91 Å². The van der Waals surface area contributed by atoms with Gasteiger partial charge in [-0.25, -0.2) is 4.79 Å². The Kier molecular flexibility index (Phi) is 5.71. The molecule has 0 radical (unpaired) electrons. The smallest absolute Gasteiger partial charge is 0.315 e. The molecule has 24 heavy (non-hydrogen) atoms. The summed E-state index contributed by atoms with van der Waals surface area (Å²) in [5.74, 6) is 1.98. The van der Waals surface area contributed by atoms with E-state index in [9.17, 15) is 9.59 Å². The van der Waals surface area contributed by atoms with E-state index in [2.05, 4.69) is 16.0 Å². The van der Waals surface area contributed by atoms with Crippen molar-refractivity contribution in [3.63, 3.8) is 0 Å². The summed E-state index contributed by atoms with van der Waals surface area (Å²) in [6.07, 6.45) is 5.86. The van der Waals surface area contributed by atoms with Crippen LogP contribution < -0.4 is 16.0 Å². The molecule has 2 aliphatic rings. The number of unbranched alkanes of at least 4 members (excludes halogenated alkanes) is 1. The summed E-state index contributed by atoms with van der Waals surface area (Å²) in [4.78, 5) is 23.3. The van der Waals surface area contributed by atoms with Crippen molar-refractivity contribution >= 4 is 23.7 Å². The number of fused-ring (bicyclic) bond motifs is 1. The molecule has 0 bridgehead atoms. The van der Waals surface area contributed by atoms with E-state index in [4.69, 9.17) is 4.42 Å². The number of nitrogens with one attached hydrogen (secondary N) is 3. The van der Waals surface area contributed by atoms with Gasteiger partial charge < -0.3 is 20.4 Å². The van der Waals surface area contributed by atoms with E-state index in [1.165, 1.54) is 0 Å². The SMILES string of the molecule is C[C@@H](Cc1ccco1)NC(=O)CCCC[C@@H]1SC[C@@H]2NC(=O)N[C@@H]21. The first-order chi connectivity index (χ1) is 11.6. The van der Waals surface area contributed by atoms with Crippen molar-refractivity contribution < 1.29 is 14.0 Å². The molecule has 1 aromatic rings. The Bertz CT molecular complexity index is 563. The lowest BCUT2D eigenvalue weighted by Crippen LogP contribution is -2.36. The van der Waals surface area contributed by atoms with Crippen LogP contribution in [-0.2, 0) is 11.2 Å². The highest BCUT2D eigenvalue weighted by Gasteiger charge is 2.42. The molecule has 132 valence electrons. The zero-order valence-electron chi connectivity index (χ0n) is 13.9. The standard InChI is InChI=1S/C17H25N3O3S/c1-11(9-12-5-4-8-23-12)18-15(21)7-3-2-6-14-16-13(10-24-14)19-17(22)20-16/h4-5,8,11,13-14,16H,2-3,6-7,9-10H2,1H3,(H,18,21)(H2,19,20,22)/t11-,13-,14-,16-/m0/s1. The van der Waals surface area contributed by atoms with E-state index >= 15 is 0 Å². The zero-order chi connectivity index (χ0) is 16.9. The molecular formula is C17H25N3O3S. The molecule has 0 spiro atoms. The fraction of sp³-hybridized carbons (Fsp3) is 0.647. The molecule has 0 saturated carbocycles. The lowest BCUT2D eigenvalue weighted by Gasteiger charge is -2.16. The quantitative estimate of drug-likeness (QED) is 0.494. The van der Waals surface area contributed by atoms with E-state index in [-0.39, 0.29) is 30.1 Å². The van der Waals surface area contributed by atoms with Gasteiger partial charge in [-0.1, -0.05) is 6.42 Å². The summed E-state index contributed by atoms with van der Waals surface area (Å²) in [6.45, 7) is 1.99. The number of thioether (sulfide) groups is 1. The third-order valence-electron chi connectivity index (χ3n) is 4.58. The maximum Gasteiger partial charge on any atom is 0.315 e. The van der Waals surface area contributed by atoms with Gasteiger partial charge in [0.05, 0.1) is 18.3 Å². The van der Waals surface area contributed by atoms with Gasteiger partial charge in [-0.2, -0.15) is 11.8 Å². The van der Waals surface area contributed by atoms with Gasteiger partial charge >= 0.3 is 6.03 Å². The van der Waals surface area contributed by atoms with Crippen molar-refractivity contribution in [1.29, 1.82) is 0 Å². The lowest BCUT2D eigenvalue weighted by atomic mass is 10.0. The molecule has 1 aromatic heterocycles. The average molecular weight is 351 g/mol. The predicted octanol–water partition coefficient (Wildman–Crippen LogP) is 2.05. The van der Waals surface area contributed by atoms with Crippen LogP contribution in [0.1, 0.15) is 38.4 Å². The first-order valence-corrected chi connectivity index (χ1v) is 9.67. The van der Waals surface area contributed by atoms with Crippen molar-refractivity contribution in [3.8, 4) is 0 Å². The summed E-state index contributed by atoms with van der Waals surface area (Å²) in [6, 6.07) is 4.35. The molecule has 0 unspecified atom stereocenters. The molecule has 2 saturated heterocycles. The Morgan fingerprint density at radius 3 is 3.12 bits per heavy atom. The van der Waals surface area contributed by atoms with Gasteiger partial charge in [-0.05, 0) is 31.9 Å². The van der Waals surface area contributed by atoms with Crippen molar-refractivity contribution in [3.05, 3.63) is 24.2 Å². The molecule has 2 aliphatic heterocycles. The summed E-state index contributed by atoms with van der Waals surface area (Å²) < 4.78 is 5.29. The van der Waals surface area contributed by atoms with Gasteiger partial charge in [-0.3, -0.25) is 4.79 Å². The van der Waals surface area contributed by atoms with Crippen LogP contribution in [0.25, 0.3) is 0 Å². The number of urea groups is 1. The minimum Gasteiger partial charge on any atom is -0.469 e. The van der Waals surface area contributed by atoms with E-state index in [1.54, 1.807) is 6.26 Å². The Balaban J connectivity index is 1.29. The number of carbonyl (C=O) groups is 2. The second-order valence-corrected chi connectivity index (χ2v) is 7.89. The van der Waals surface area contributed by atoms with Crippen LogP contribution in [0.3, 0.4) is 0 Å². The minimum atomic E-state index is -0.0415. The van der Waals surface area contributed by atoms with Gasteiger partial charge in [0.25, 0.3) is 0 Å². The van der Waals surface area contributed by atoms with E-state index in [0.717, 1.165) is 30.8 Å². The summed E-state index contributed by atoms with van der Waals surface area (Å²) in [7, 11) is 0. The molecule has 3 amide bonds. The Labute approximate surface area is 146 Å². The van der Waals surface area contributed by atoms with Crippen LogP contribution in [0, 0.1) is 0 Å². The Morgan fingerprint density at radius 1 is 1.46 bits per heavy atom. The molecule has 6 nitrogen and oxygen atoms in total. The molecular weight excluding hydrogens is 326 g/mol. The highest BCUT2D eigenvalue weighted by atomic mass is 32.2. The fourth-order valence-electron chi connectivity index (χ4n) is 3.40. The normalized spacial score (nSPS) is 26.5. The maximum atomic E-state index is 12.0. The minimum absolute atomic E-state index is 0.0415. The molecule has 0 aromatic carbocycles. The van der Waals surface area contributed by atoms with Gasteiger partial charge in [0, 0.05) is 29.9 Å². The average Bonchev–Trinajstić information content (AvgIpc) is 3.22. The second-order valence-electron chi connectivity index (χ2n) is 6.62. The van der Waals surface area contributed by atoms with Crippen LogP contribution >= 0.6 is 11.8 Å². The number of hydrogen-bond acceptors (Lipinski definition) is 4. The molecule has 3 heterocycles. The topological polar surface area (TPSA) is 83.4 Å². The monoisotopic (exact) mass is 351 g/mol. The first-order valence-electron chi connectivity index (χ1n) is 8.62. The highest BCUT2D eigenvalue weighted by Crippen LogP contribution is 2.33. The van der Waals surface area contributed by atoms with Gasteiger partial charge in [-0.15, -0.1) is 0 Å². The first kappa shape index (κ1) is 17.2. The largest absolute Gasteiger partial charge is 0.469 e. The van der Waals surface area contributed by atoms with Crippen molar-refractivity contribution in [1.82, 2.24) is 16.0 Å². The zero-order valence-corrected chi connectivity index (χ0v) is 14.7. The van der Waals surface area contributed by atoms with Crippen LogP contribution in [0.2, 0.25) is 0 Å². The second kappa shape index (κ2) is 7.96. The third kappa shape index (κ3) is 4.47. The third-order valence-corrected chi connectivity index (χ3v) is 6.08. The molecule has 2 fully saturated rings. The van der Waals surface area contributed by atoms with Crippen LogP contribution in [0.15, 0.2) is 22.8 Å². The predicted molar refractivity (Wildman–Crippen MR) is 94.0 cm³/mol. The maximum absolute atomic E-state index is 12.0. The summed E-state index contributed by atoms with van der Waals surface area (Å²) in [5.41, 5.74) is 0. The molecule has 7 heteroatoms. The fourth-order valence-corrected chi connectivity index (χ4v) is 4.95.